The Morgan fingerprint density at radius 3 is 2.95 bits per heavy atom. The first kappa shape index (κ1) is 15.8. The van der Waals surface area contributed by atoms with Crippen molar-refractivity contribution >= 4 is 5.91 Å². The summed E-state index contributed by atoms with van der Waals surface area (Å²) in [6.45, 7) is 8.44. The highest BCUT2D eigenvalue weighted by atomic mass is 16.2. The number of amides is 1. The standard InChI is InChI=1S/C16H31N3O/c1-3-4-10-18-16(20)13(2)19-11-6-8-15(19)14-7-5-9-17-12-14/h13-15,17H,3-12H2,1-2H3,(H,18,20). The van der Waals surface area contributed by atoms with Crippen molar-refractivity contribution in [1.82, 2.24) is 15.5 Å². The van der Waals surface area contributed by atoms with Crippen LogP contribution in [0.3, 0.4) is 0 Å². The summed E-state index contributed by atoms with van der Waals surface area (Å²) in [6, 6.07) is 0.635. The molecule has 0 bridgehead atoms. The molecule has 2 heterocycles. The minimum absolute atomic E-state index is 0.0290. The topological polar surface area (TPSA) is 44.4 Å². The monoisotopic (exact) mass is 281 g/mol. The Morgan fingerprint density at radius 1 is 1.40 bits per heavy atom. The van der Waals surface area contributed by atoms with Gasteiger partial charge in [-0.2, -0.15) is 0 Å². The summed E-state index contributed by atoms with van der Waals surface area (Å²) in [6.07, 6.45) is 7.32. The van der Waals surface area contributed by atoms with Crippen molar-refractivity contribution in [2.75, 3.05) is 26.2 Å². The molecule has 0 aromatic carbocycles. The van der Waals surface area contributed by atoms with E-state index in [1.54, 1.807) is 0 Å². The van der Waals surface area contributed by atoms with Gasteiger partial charge in [-0.25, -0.2) is 0 Å². The molecule has 0 radical (unpaired) electrons. The van der Waals surface area contributed by atoms with Crippen LogP contribution in [0.4, 0.5) is 0 Å². The maximum Gasteiger partial charge on any atom is 0.237 e. The molecular formula is C16H31N3O. The second-order valence-corrected chi connectivity index (χ2v) is 6.37. The molecule has 20 heavy (non-hydrogen) atoms. The maximum atomic E-state index is 12.3. The van der Waals surface area contributed by atoms with Crippen molar-refractivity contribution in [3.63, 3.8) is 0 Å². The summed E-state index contributed by atoms with van der Waals surface area (Å²) in [5.74, 6) is 0.950. The fourth-order valence-electron chi connectivity index (χ4n) is 3.70. The number of likely N-dealkylation sites (tertiary alicyclic amines) is 1. The molecule has 0 aromatic rings. The van der Waals surface area contributed by atoms with Crippen molar-refractivity contribution in [2.45, 2.75) is 64.5 Å². The van der Waals surface area contributed by atoms with Crippen molar-refractivity contribution in [3.05, 3.63) is 0 Å². The van der Waals surface area contributed by atoms with Gasteiger partial charge in [0, 0.05) is 12.6 Å². The third-order valence-corrected chi connectivity index (χ3v) is 4.93. The molecule has 2 N–H and O–H groups in total. The smallest absolute Gasteiger partial charge is 0.237 e. The molecule has 2 fully saturated rings. The minimum Gasteiger partial charge on any atom is -0.355 e. The highest BCUT2D eigenvalue weighted by molar-refractivity contribution is 5.81. The molecule has 3 unspecified atom stereocenters. The van der Waals surface area contributed by atoms with E-state index in [0.29, 0.717) is 6.04 Å². The molecule has 2 aliphatic heterocycles. The van der Waals surface area contributed by atoms with Crippen LogP contribution in [0.25, 0.3) is 0 Å². The molecule has 0 aliphatic carbocycles. The summed E-state index contributed by atoms with van der Waals surface area (Å²) in [7, 11) is 0. The molecule has 0 aromatic heterocycles. The van der Waals surface area contributed by atoms with Crippen molar-refractivity contribution in [1.29, 1.82) is 0 Å². The average Bonchev–Trinajstić information content (AvgIpc) is 2.97. The molecule has 2 aliphatic rings. The zero-order chi connectivity index (χ0) is 14.4. The highest BCUT2D eigenvalue weighted by Gasteiger charge is 2.36. The summed E-state index contributed by atoms with van der Waals surface area (Å²) in [5, 5.41) is 6.60. The number of unbranched alkanes of at least 4 members (excludes halogenated alkanes) is 1. The molecule has 116 valence electrons. The summed E-state index contributed by atoms with van der Waals surface area (Å²) < 4.78 is 0. The lowest BCUT2D eigenvalue weighted by Crippen LogP contribution is -2.51. The Balaban J connectivity index is 1.86. The normalized spacial score (nSPS) is 29.3. The summed E-state index contributed by atoms with van der Waals surface area (Å²) >= 11 is 0. The largest absolute Gasteiger partial charge is 0.355 e. The number of hydrogen-bond donors (Lipinski definition) is 2. The lowest BCUT2D eigenvalue weighted by molar-refractivity contribution is -0.126. The highest BCUT2D eigenvalue weighted by Crippen LogP contribution is 2.29. The molecule has 0 spiro atoms. The van der Waals surface area contributed by atoms with Gasteiger partial charge < -0.3 is 10.6 Å². The predicted molar refractivity (Wildman–Crippen MR) is 82.7 cm³/mol. The first-order valence-electron chi connectivity index (χ1n) is 8.48. The van der Waals surface area contributed by atoms with Crippen LogP contribution < -0.4 is 10.6 Å². The predicted octanol–water partition coefficient (Wildman–Crippen LogP) is 1.76. The van der Waals surface area contributed by atoms with E-state index < -0.39 is 0 Å². The van der Waals surface area contributed by atoms with Gasteiger partial charge >= 0.3 is 0 Å². The second-order valence-electron chi connectivity index (χ2n) is 6.37. The molecular weight excluding hydrogens is 250 g/mol. The Kier molecular flexibility index (Phi) is 6.30. The van der Waals surface area contributed by atoms with Gasteiger partial charge in [0.25, 0.3) is 0 Å². The van der Waals surface area contributed by atoms with Crippen LogP contribution in [0.2, 0.25) is 0 Å². The van der Waals surface area contributed by atoms with Crippen LogP contribution in [0, 0.1) is 5.92 Å². The van der Waals surface area contributed by atoms with Crippen molar-refractivity contribution in [2.24, 2.45) is 5.92 Å². The summed E-state index contributed by atoms with van der Waals surface area (Å²) in [5.41, 5.74) is 0. The number of carbonyl (C=O) groups is 1. The van der Waals surface area contributed by atoms with E-state index in [-0.39, 0.29) is 11.9 Å². The average molecular weight is 281 g/mol. The fourth-order valence-corrected chi connectivity index (χ4v) is 3.70. The van der Waals surface area contributed by atoms with E-state index in [2.05, 4.69) is 29.4 Å². The van der Waals surface area contributed by atoms with Crippen molar-refractivity contribution in [3.8, 4) is 0 Å². The van der Waals surface area contributed by atoms with E-state index in [1.165, 1.54) is 25.7 Å². The third kappa shape index (κ3) is 3.95. The lowest BCUT2D eigenvalue weighted by Gasteiger charge is -2.37. The van der Waals surface area contributed by atoms with Crippen LogP contribution in [0.5, 0.6) is 0 Å². The number of rotatable bonds is 6. The Bertz CT molecular complexity index is 302. The first-order chi connectivity index (χ1) is 9.74. The van der Waals surface area contributed by atoms with E-state index in [0.717, 1.165) is 44.9 Å². The zero-order valence-corrected chi connectivity index (χ0v) is 13.2. The quantitative estimate of drug-likeness (QED) is 0.729. The van der Waals surface area contributed by atoms with Gasteiger partial charge in [-0.15, -0.1) is 0 Å². The van der Waals surface area contributed by atoms with Gasteiger partial charge in [-0.1, -0.05) is 13.3 Å². The molecule has 2 saturated heterocycles. The van der Waals surface area contributed by atoms with E-state index in [9.17, 15) is 4.79 Å². The molecule has 4 heteroatoms. The number of piperidine rings is 1. The Morgan fingerprint density at radius 2 is 2.25 bits per heavy atom. The minimum atomic E-state index is 0.0290. The van der Waals surface area contributed by atoms with Gasteiger partial charge in [0.2, 0.25) is 5.91 Å². The molecule has 1 amide bonds. The Hall–Kier alpha value is -0.610. The van der Waals surface area contributed by atoms with Crippen molar-refractivity contribution < 1.29 is 4.79 Å². The third-order valence-electron chi connectivity index (χ3n) is 4.93. The maximum absolute atomic E-state index is 12.3. The number of nitrogens with zero attached hydrogens (tertiary/aromatic N) is 1. The van der Waals surface area contributed by atoms with Crippen LogP contribution in [0.1, 0.15) is 52.4 Å². The van der Waals surface area contributed by atoms with Crippen LogP contribution >= 0.6 is 0 Å². The molecule has 4 nitrogen and oxygen atoms in total. The van der Waals surface area contributed by atoms with E-state index >= 15 is 0 Å². The zero-order valence-electron chi connectivity index (χ0n) is 13.2. The van der Waals surface area contributed by atoms with Crippen LogP contribution in [0.15, 0.2) is 0 Å². The number of hydrogen-bond acceptors (Lipinski definition) is 3. The van der Waals surface area contributed by atoms with Gasteiger partial charge in [-0.3, -0.25) is 9.69 Å². The molecule has 3 atom stereocenters. The van der Waals surface area contributed by atoms with Gasteiger partial charge in [0.15, 0.2) is 0 Å². The van der Waals surface area contributed by atoms with Crippen LogP contribution in [-0.4, -0.2) is 49.1 Å². The van der Waals surface area contributed by atoms with Gasteiger partial charge in [0.05, 0.1) is 6.04 Å². The lowest BCUT2D eigenvalue weighted by atomic mass is 9.89. The Labute approximate surface area is 123 Å². The molecule has 2 rings (SSSR count). The van der Waals surface area contributed by atoms with Gasteiger partial charge in [0.1, 0.15) is 0 Å². The second kappa shape index (κ2) is 7.99. The fraction of sp³-hybridized carbons (Fsp3) is 0.938. The SMILES string of the molecule is CCCCNC(=O)C(C)N1CCCC1C1CCCNC1. The summed E-state index contributed by atoms with van der Waals surface area (Å²) in [4.78, 5) is 14.7. The van der Waals surface area contributed by atoms with Gasteiger partial charge in [-0.05, 0) is 64.6 Å². The van der Waals surface area contributed by atoms with Crippen LogP contribution in [-0.2, 0) is 4.79 Å². The first-order valence-corrected chi connectivity index (χ1v) is 8.48. The number of nitrogens with one attached hydrogen (secondary N) is 2. The van der Waals surface area contributed by atoms with E-state index in [1.807, 2.05) is 0 Å². The molecule has 0 saturated carbocycles. The van der Waals surface area contributed by atoms with E-state index in [4.69, 9.17) is 0 Å². The number of carbonyl (C=O) groups excluding carboxylic acids is 1.